The van der Waals surface area contributed by atoms with Crippen molar-refractivity contribution in [2.24, 2.45) is 5.16 Å². The van der Waals surface area contributed by atoms with Crippen LogP contribution in [0.1, 0.15) is 41.9 Å². The zero-order chi connectivity index (χ0) is 15.8. The molecule has 1 aliphatic carbocycles. The van der Waals surface area contributed by atoms with Gasteiger partial charge < -0.3 is 10.1 Å². The van der Waals surface area contributed by atoms with E-state index in [0.717, 1.165) is 17.7 Å². The number of oxime groups is 1. The number of hydrogen-bond donors (Lipinski definition) is 1. The van der Waals surface area contributed by atoms with Gasteiger partial charge in [0.25, 0.3) is 0 Å². The molecule has 1 aliphatic heterocycles. The number of likely N-dealkylation sites (tertiary alicyclic amines) is 1. The summed E-state index contributed by atoms with van der Waals surface area (Å²) in [7, 11) is 2.21. The molecule has 2 aromatic carbocycles. The van der Waals surface area contributed by atoms with Crippen molar-refractivity contribution in [3.63, 3.8) is 0 Å². The predicted molar refractivity (Wildman–Crippen MR) is 93.4 cm³/mol. The molecule has 0 radical (unpaired) electrons. The first kappa shape index (κ1) is 14.5. The van der Waals surface area contributed by atoms with Gasteiger partial charge in [-0.25, -0.2) is 0 Å². The van der Waals surface area contributed by atoms with E-state index in [0.29, 0.717) is 11.6 Å². The first-order chi connectivity index (χ1) is 11.3. The summed E-state index contributed by atoms with van der Waals surface area (Å²) in [6.45, 7) is 2.30. The highest BCUT2D eigenvalue weighted by Gasteiger charge is 2.27. The third-order valence-electron chi connectivity index (χ3n) is 5.22. The summed E-state index contributed by atoms with van der Waals surface area (Å²) >= 11 is 0. The molecular formula is C20H22N2O. The molecule has 118 valence electrons. The van der Waals surface area contributed by atoms with E-state index in [2.05, 4.69) is 41.4 Å². The Kier molecular flexibility index (Phi) is 3.66. The molecule has 0 spiro atoms. The predicted octanol–water partition coefficient (Wildman–Crippen LogP) is 4.09. The summed E-state index contributed by atoms with van der Waals surface area (Å²) in [4.78, 5) is 2.43. The molecule has 3 heteroatoms. The van der Waals surface area contributed by atoms with Crippen LogP contribution in [-0.4, -0.2) is 36.0 Å². The highest BCUT2D eigenvalue weighted by Crippen LogP contribution is 2.39. The van der Waals surface area contributed by atoms with E-state index in [9.17, 15) is 5.21 Å². The van der Waals surface area contributed by atoms with Gasteiger partial charge in [0.15, 0.2) is 0 Å². The minimum Gasteiger partial charge on any atom is -0.410 e. The van der Waals surface area contributed by atoms with Gasteiger partial charge in [-0.3, -0.25) is 0 Å². The Hall–Kier alpha value is -2.13. The maximum Gasteiger partial charge on any atom is 0.118 e. The van der Waals surface area contributed by atoms with Crippen LogP contribution in [0.4, 0.5) is 0 Å². The third-order valence-corrected chi connectivity index (χ3v) is 5.22. The Bertz CT molecular complexity index is 766. The van der Waals surface area contributed by atoms with Crippen LogP contribution >= 0.6 is 0 Å². The standard InChI is InChI=1S/C20H22N2O/c1-22-11-5-4-6-15(13-22)14-9-10-17-16-7-2-3-8-18(16)20(21-23)19(17)12-14/h2-3,7-10,12,15,23H,4-6,11,13H2,1H3/b21-20-. The highest BCUT2D eigenvalue weighted by atomic mass is 16.4. The van der Waals surface area contributed by atoms with E-state index in [1.165, 1.54) is 42.5 Å². The second-order valence-electron chi connectivity index (χ2n) is 6.75. The number of rotatable bonds is 1. The lowest BCUT2D eigenvalue weighted by atomic mass is 9.91. The van der Waals surface area contributed by atoms with E-state index >= 15 is 0 Å². The fourth-order valence-electron chi connectivity index (χ4n) is 4.03. The molecule has 2 aliphatic rings. The van der Waals surface area contributed by atoms with E-state index in [1.54, 1.807) is 0 Å². The number of likely N-dealkylation sites (N-methyl/N-ethyl adjacent to an activating group) is 1. The Labute approximate surface area is 137 Å². The van der Waals surface area contributed by atoms with Crippen LogP contribution < -0.4 is 0 Å². The van der Waals surface area contributed by atoms with Gasteiger partial charge in [-0.1, -0.05) is 48.0 Å². The largest absolute Gasteiger partial charge is 0.410 e. The fraction of sp³-hybridized carbons (Fsp3) is 0.350. The van der Waals surface area contributed by atoms with Crippen LogP contribution in [0.3, 0.4) is 0 Å². The maximum atomic E-state index is 9.53. The second-order valence-corrected chi connectivity index (χ2v) is 6.75. The Morgan fingerprint density at radius 2 is 1.78 bits per heavy atom. The van der Waals surface area contributed by atoms with E-state index in [-0.39, 0.29) is 0 Å². The highest BCUT2D eigenvalue weighted by molar-refractivity contribution is 6.24. The summed E-state index contributed by atoms with van der Waals surface area (Å²) in [6, 6.07) is 14.9. The van der Waals surface area contributed by atoms with Gasteiger partial charge in [0.1, 0.15) is 5.71 Å². The minimum absolute atomic E-state index is 0.566. The van der Waals surface area contributed by atoms with Gasteiger partial charge in [-0.05, 0) is 55.1 Å². The average molecular weight is 306 g/mol. The molecule has 0 bridgehead atoms. The smallest absolute Gasteiger partial charge is 0.118 e. The van der Waals surface area contributed by atoms with Crippen LogP contribution in [0.2, 0.25) is 0 Å². The van der Waals surface area contributed by atoms with Crippen LogP contribution in [0, 0.1) is 0 Å². The van der Waals surface area contributed by atoms with Crippen LogP contribution in [0.25, 0.3) is 11.1 Å². The molecule has 1 atom stereocenters. The molecule has 1 saturated heterocycles. The first-order valence-corrected chi connectivity index (χ1v) is 8.42. The molecule has 23 heavy (non-hydrogen) atoms. The van der Waals surface area contributed by atoms with Gasteiger partial charge >= 0.3 is 0 Å². The zero-order valence-electron chi connectivity index (χ0n) is 13.5. The lowest BCUT2D eigenvalue weighted by Gasteiger charge is -2.21. The Balaban J connectivity index is 1.76. The monoisotopic (exact) mass is 306 g/mol. The number of nitrogens with zero attached hydrogens (tertiary/aromatic N) is 2. The molecule has 1 unspecified atom stereocenters. The summed E-state index contributed by atoms with van der Waals surface area (Å²) < 4.78 is 0. The normalized spacial score (nSPS) is 22.7. The lowest BCUT2D eigenvalue weighted by Crippen LogP contribution is -2.23. The number of benzene rings is 2. The van der Waals surface area contributed by atoms with E-state index in [4.69, 9.17) is 0 Å². The average Bonchev–Trinajstić information content (AvgIpc) is 2.73. The van der Waals surface area contributed by atoms with Crippen LogP contribution in [0.15, 0.2) is 47.6 Å². The van der Waals surface area contributed by atoms with Crippen LogP contribution in [0.5, 0.6) is 0 Å². The quantitative estimate of drug-likeness (QED) is 0.543. The lowest BCUT2D eigenvalue weighted by molar-refractivity contribution is 0.320. The van der Waals surface area contributed by atoms with Gasteiger partial charge in [0, 0.05) is 17.7 Å². The van der Waals surface area contributed by atoms with Gasteiger partial charge in [-0.15, -0.1) is 0 Å². The fourth-order valence-corrected chi connectivity index (χ4v) is 4.03. The maximum absolute atomic E-state index is 9.53. The summed E-state index contributed by atoms with van der Waals surface area (Å²) in [6.07, 6.45) is 3.81. The molecule has 1 N–H and O–H groups in total. The van der Waals surface area contributed by atoms with E-state index < -0.39 is 0 Å². The van der Waals surface area contributed by atoms with Gasteiger partial charge in [0.2, 0.25) is 0 Å². The molecule has 0 saturated carbocycles. The molecule has 3 nitrogen and oxygen atoms in total. The minimum atomic E-state index is 0.566. The third kappa shape index (κ3) is 2.45. The molecule has 0 aromatic heterocycles. The SMILES string of the molecule is CN1CCCCC(c2ccc3c(c2)/C(=N\O)c2ccccc2-3)C1. The molecular weight excluding hydrogens is 284 g/mol. The summed E-state index contributed by atoms with van der Waals surface area (Å²) in [5.74, 6) is 0.566. The van der Waals surface area contributed by atoms with Crippen molar-refractivity contribution in [3.8, 4) is 11.1 Å². The van der Waals surface area contributed by atoms with Crippen molar-refractivity contribution >= 4 is 5.71 Å². The van der Waals surface area contributed by atoms with Crippen molar-refractivity contribution in [1.29, 1.82) is 0 Å². The van der Waals surface area contributed by atoms with Crippen molar-refractivity contribution in [1.82, 2.24) is 4.90 Å². The van der Waals surface area contributed by atoms with Gasteiger partial charge in [-0.2, -0.15) is 0 Å². The Morgan fingerprint density at radius 3 is 2.61 bits per heavy atom. The molecule has 2 aromatic rings. The van der Waals surface area contributed by atoms with Crippen LogP contribution in [-0.2, 0) is 0 Å². The topological polar surface area (TPSA) is 35.8 Å². The van der Waals surface area contributed by atoms with Crippen molar-refractivity contribution < 1.29 is 5.21 Å². The number of fused-ring (bicyclic) bond motifs is 3. The van der Waals surface area contributed by atoms with Crippen molar-refractivity contribution in [3.05, 3.63) is 59.2 Å². The van der Waals surface area contributed by atoms with Crippen molar-refractivity contribution in [2.45, 2.75) is 25.2 Å². The van der Waals surface area contributed by atoms with Gasteiger partial charge in [0.05, 0.1) is 0 Å². The van der Waals surface area contributed by atoms with Crippen molar-refractivity contribution in [2.75, 3.05) is 20.1 Å². The molecule has 1 fully saturated rings. The zero-order valence-corrected chi connectivity index (χ0v) is 13.5. The first-order valence-electron chi connectivity index (χ1n) is 8.42. The molecule has 1 heterocycles. The van der Waals surface area contributed by atoms with E-state index in [1.807, 2.05) is 18.2 Å². The Morgan fingerprint density at radius 1 is 1.00 bits per heavy atom. The second kappa shape index (κ2) is 5.82. The summed E-state index contributed by atoms with van der Waals surface area (Å²) in [5, 5.41) is 13.1. The molecule has 0 amide bonds. The number of hydrogen-bond acceptors (Lipinski definition) is 3. The summed E-state index contributed by atoms with van der Waals surface area (Å²) in [5.41, 5.74) is 6.52. The molecule has 4 rings (SSSR count).